The van der Waals surface area contributed by atoms with Crippen LogP contribution in [0.25, 0.3) is 6.08 Å². The SMILES string of the molecule is CCNC(=O)CN1CCN(CC=Cc2ccc(Cl)cc2)CC1. The van der Waals surface area contributed by atoms with E-state index >= 15 is 0 Å². The zero-order chi connectivity index (χ0) is 15.8. The van der Waals surface area contributed by atoms with Crippen LogP contribution in [-0.2, 0) is 4.79 Å². The molecule has 2 rings (SSSR count). The van der Waals surface area contributed by atoms with Crippen molar-refractivity contribution >= 4 is 23.6 Å². The lowest BCUT2D eigenvalue weighted by Gasteiger charge is -2.33. The summed E-state index contributed by atoms with van der Waals surface area (Å²) in [7, 11) is 0. The molecule has 1 aliphatic rings. The molecule has 1 N–H and O–H groups in total. The molecule has 1 heterocycles. The highest BCUT2D eigenvalue weighted by Gasteiger charge is 2.17. The van der Waals surface area contributed by atoms with E-state index in [4.69, 9.17) is 11.6 Å². The molecule has 0 radical (unpaired) electrons. The van der Waals surface area contributed by atoms with E-state index in [9.17, 15) is 4.79 Å². The van der Waals surface area contributed by atoms with Gasteiger partial charge in [0.05, 0.1) is 6.54 Å². The fraction of sp³-hybridized carbons (Fsp3) is 0.471. The highest BCUT2D eigenvalue weighted by Crippen LogP contribution is 2.10. The fourth-order valence-corrected chi connectivity index (χ4v) is 2.62. The Hall–Kier alpha value is -1.36. The molecule has 1 saturated heterocycles. The lowest BCUT2D eigenvalue weighted by Crippen LogP contribution is -2.49. The van der Waals surface area contributed by atoms with E-state index < -0.39 is 0 Å². The number of rotatable bonds is 6. The first-order valence-electron chi connectivity index (χ1n) is 7.81. The number of carbonyl (C=O) groups is 1. The fourth-order valence-electron chi connectivity index (χ4n) is 2.50. The lowest BCUT2D eigenvalue weighted by molar-refractivity contribution is -0.122. The van der Waals surface area contributed by atoms with Crippen LogP contribution in [0.15, 0.2) is 30.3 Å². The molecule has 5 heteroatoms. The number of halogens is 1. The van der Waals surface area contributed by atoms with Crippen molar-refractivity contribution in [3.05, 3.63) is 40.9 Å². The van der Waals surface area contributed by atoms with Gasteiger partial charge in [0.15, 0.2) is 0 Å². The van der Waals surface area contributed by atoms with Crippen molar-refractivity contribution in [2.24, 2.45) is 0 Å². The monoisotopic (exact) mass is 321 g/mol. The first-order chi connectivity index (χ1) is 10.7. The molecule has 1 amide bonds. The summed E-state index contributed by atoms with van der Waals surface area (Å²) in [5, 5.41) is 3.61. The number of nitrogens with one attached hydrogen (secondary N) is 1. The number of benzene rings is 1. The molecule has 4 nitrogen and oxygen atoms in total. The summed E-state index contributed by atoms with van der Waals surface area (Å²) in [6.07, 6.45) is 4.31. The van der Waals surface area contributed by atoms with Crippen LogP contribution >= 0.6 is 11.6 Å². The Morgan fingerprint density at radius 3 is 2.45 bits per heavy atom. The van der Waals surface area contributed by atoms with Gasteiger partial charge in [0.2, 0.25) is 5.91 Å². The minimum Gasteiger partial charge on any atom is -0.355 e. The molecule has 1 aromatic carbocycles. The Balaban J connectivity index is 1.69. The lowest BCUT2D eigenvalue weighted by atomic mass is 10.2. The predicted octanol–water partition coefficient (Wildman–Crippen LogP) is 2.11. The van der Waals surface area contributed by atoms with Crippen LogP contribution in [0.1, 0.15) is 12.5 Å². The third-order valence-electron chi connectivity index (χ3n) is 3.75. The Labute approximate surface area is 137 Å². The molecule has 0 saturated carbocycles. The van der Waals surface area contributed by atoms with Crippen LogP contribution in [0.3, 0.4) is 0 Å². The van der Waals surface area contributed by atoms with Crippen LogP contribution in [-0.4, -0.2) is 61.5 Å². The van der Waals surface area contributed by atoms with Gasteiger partial charge in [0.25, 0.3) is 0 Å². The number of nitrogens with zero attached hydrogens (tertiary/aromatic N) is 2. The number of carbonyl (C=O) groups excluding carboxylic acids is 1. The smallest absolute Gasteiger partial charge is 0.234 e. The van der Waals surface area contributed by atoms with Gasteiger partial charge in [0, 0.05) is 44.3 Å². The van der Waals surface area contributed by atoms with E-state index in [1.165, 1.54) is 5.56 Å². The van der Waals surface area contributed by atoms with E-state index in [1.54, 1.807) is 0 Å². The number of hydrogen-bond acceptors (Lipinski definition) is 3. The van der Waals surface area contributed by atoms with Crippen LogP contribution in [0.5, 0.6) is 0 Å². The minimum absolute atomic E-state index is 0.124. The van der Waals surface area contributed by atoms with Gasteiger partial charge in [-0.2, -0.15) is 0 Å². The summed E-state index contributed by atoms with van der Waals surface area (Å²) in [5.41, 5.74) is 1.17. The van der Waals surface area contributed by atoms with E-state index in [2.05, 4.69) is 27.3 Å². The summed E-state index contributed by atoms with van der Waals surface area (Å²) in [6, 6.07) is 7.84. The first kappa shape index (κ1) is 17.0. The maximum Gasteiger partial charge on any atom is 0.234 e. The van der Waals surface area contributed by atoms with Gasteiger partial charge in [-0.3, -0.25) is 14.6 Å². The molecule has 1 aliphatic heterocycles. The largest absolute Gasteiger partial charge is 0.355 e. The predicted molar refractivity (Wildman–Crippen MR) is 92.0 cm³/mol. The molecule has 1 fully saturated rings. The van der Waals surface area contributed by atoms with Gasteiger partial charge in [-0.15, -0.1) is 0 Å². The molecular formula is C17H24ClN3O. The van der Waals surface area contributed by atoms with Crippen LogP contribution in [0.4, 0.5) is 0 Å². The Kier molecular flexibility index (Phi) is 6.90. The van der Waals surface area contributed by atoms with Gasteiger partial charge in [-0.05, 0) is 24.6 Å². The molecule has 0 unspecified atom stereocenters. The second-order valence-electron chi connectivity index (χ2n) is 5.48. The molecule has 120 valence electrons. The normalized spacial score (nSPS) is 17.0. The second-order valence-corrected chi connectivity index (χ2v) is 5.92. The third kappa shape index (κ3) is 5.79. The highest BCUT2D eigenvalue weighted by molar-refractivity contribution is 6.30. The zero-order valence-corrected chi connectivity index (χ0v) is 13.9. The van der Waals surface area contributed by atoms with Crippen molar-refractivity contribution in [3.8, 4) is 0 Å². The van der Waals surface area contributed by atoms with Gasteiger partial charge in [-0.1, -0.05) is 35.9 Å². The molecular weight excluding hydrogens is 298 g/mol. The van der Waals surface area contributed by atoms with Crippen LogP contribution in [0.2, 0.25) is 5.02 Å². The van der Waals surface area contributed by atoms with E-state index in [0.29, 0.717) is 13.1 Å². The number of hydrogen-bond donors (Lipinski definition) is 1. The summed E-state index contributed by atoms with van der Waals surface area (Å²) in [6.45, 7) is 8.02. The van der Waals surface area contributed by atoms with Gasteiger partial charge >= 0.3 is 0 Å². The minimum atomic E-state index is 0.124. The Morgan fingerprint density at radius 2 is 1.82 bits per heavy atom. The standard InChI is InChI=1S/C17H24ClN3O/c1-2-19-17(22)14-21-12-10-20(11-13-21)9-3-4-15-5-7-16(18)8-6-15/h3-8H,2,9-14H2,1H3,(H,19,22). The molecule has 22 heavy (non-hydrogen) atoms. The molecule has 0 bridgehead atoms. The Morgan fingerprint density at radius 1 is 1.18 bits per heavy atom. The zero-order valence-electron chi connectivity index (χ0n) is 13.1. The summed E-state index contributed by atoms with van der Waals surface area (Å²) >= 11 is 5.87. The average Bonchev–Trinajstić information content (AvgIpc) is 2.51. The Bertz CT molecular complexity index is 493. The van der Waals surface area contributed by atoms with Gasteiger partial charge < -0.3 is 5.32 Å². The van der Waals surface area contributed by atoms with Crippen molar-refractivity contribution in [2.45, 2.75) is 6.92 Å². The summed E-state index contributed by atoms with van der Waals surface area (Å²) in [4.78, 5) is 16.2. The number of piperazine rings is 1. The van der Waals surface area contributed by atoms with E-state index in [1.807, 2.05) is 31.2 Å². The first-order valence-corrected chi connectivity index (χ1v) is 8.18. The molecule has 0 spiro atoms. The molecule has 0 aromatic heterocycles. The van der Waals surface area contributed by atoms with E-state index in [0.717, 1.165) is 37.7 Å². The van der Waals surface area contributed by atoms with Gasteiger partial charge in [0.1, 0.15) is 0 Å². The van der Waals surface area contributed by atoms with Crippen molar-refractivity contribution in [1.29, 1.82) is 0 Å². The van der Waals surface area contributed by atoms with Crippen molar-refractivity contribution in [1.82, 2.24) is 15.1 Å². The molecule has 1 aromatic rings. The topological polar surface area (TPSA) is 35.6 Å². The third-order valence-corrected chi connectivity index (χ3v) is 4.00. The highest BCUT2D eigenvalue weighted by atomic mass is 35.5. The molecule has 0 atom stereocenters. The maximum atomic E-state index is 11.6. The summed E-state index contributed by atoms with van der Waals surface area (Å²) in [5.74, 6) is 0.124. The van der Waals surface area contributed by atoms with Crippen LogP contribution < -0.4 is 5.32 Å². The van der Waals surface area contributed by atoms with Crippen LogP contribution in [0, 0.1) is 0 Å². The quantitative estimate of drug-likeness (QED) is 0.871. The number of likely N-dealkylation sites (N-methyl/N-ethyl adjacent to an activating group) is 1. The molecule has 0 aliphatic carbocycles. The average molecular weight is 322 g/mol. The maximum absolute atomic E-state index is 11.6. The second kappa shape index (κ2) is 8.93. The van der Waals surface area contributed by atoms with Crippen molar-refractivity contribution < 1.29 is 4.79 Å². The van der Waals surface area contributed by atoms with Crippen molar-refractivity contribution in [3.63, 3.8) is 0 Å². The summed E-state index contributed by atoms with van der Waals surface area (Å²) < 4.78 is 0. The van der Waals surface area contributed by atoms with E-state index in [-0.39, 0.29) is 5.91 Å². The van der Waals surface area contributed by atoms with Gasteiger partial charge in [-0.25, -0.2) is 0 Å². The number of amides is 1. The van der Waals surface area contributed by atoms with Crippen molar-refractivity contribution in [2.75, 3.05) is 45.8 Å².